The number of ether oxygens (including phenoxy) is 2. The first-order chi connectivity index (χ1) is 7.63. The van der Waals surface area contributed by atoms with Gasteiger partial charge in [0, 0.05) is 0 Å². The van der Waals surface area contributed by atoms with Crippen LogP contribution < -0.4 is 4.74 Å². The molecule has 4 nitrogen and oxygen atoms in total. The number of aryl methyl sites for hydroxylation is 1. The van der Waals surface area contributed by atoms with E-state index in [0.29, 0.717) is 23.5 Å². The van der Waals surface area contributed by atoms with Crippen molar-refractivity contribution in [3.8, 4) is 11.8 Å². The van der Waals surface area contributed by atoms with Crippen molar-refractivity contribution in [3.63, 3.8) is 0 Å². The number of carbonyl (C=O) groups excluding carboxylic acids is 1. The predicted octanol–water partition coefficient (Wildman–Crippen LogP) is 2.05. The monoisotopic (exact) mass is 219 g/mol. The standard InChI is InChI=1S/C12H13NO3/c1-4-16-12(14)9-5-8(2)11(15-3)10(6-9)7-13/h5-6H,4H2,1-3H3. The van der Waals surface area contributed by atoms with Crippen molar-refractivity contribution in [1.82, 2.24) is 0 Å². The van der Waals surface area contributed by atoms with Gasteiger partial charge in [-0.2, -0.15) is 5.26 Å². The molecule has 84 valence electrons. The number of nitriles is 1. The van der Waals surface area contributed by atoms with Crippen LogP contribution in [0, 0.1) is 18.3 Å². The highest BCUT2D eigenvalue weighted by molar-refractivity contribution is 5.90. The molecule has 0 saturated heterocycles. The van der Waals surface area contributed by atoms with Crippen LogP contribution in [0.1, 0.15) is 28.4 Å². The number of hydrogen-bond acceptors (Lipinski definition) is 4. The zero-order valence-corrected chi connectivity index (χ0v) is 9.53. The minimum atomic E-state index is -0.426. The molecule has 0 aliphatic carbocycles. The molecule has 0 aliphatic rings. The Bertz CT molecular complexity index is 446. The Kier molecular flexibility index (Phi) is 3.90. The van der Waals surface area contributed by atoms with Gasteiger partial charge in [0.05, 0.1) is 24.8 Å². The first-order valence-corrected chi connectivity index (χ1v) is 4.89. The Labute approximate surface area is 94.4 Å². The van der Waals surface area contributed by atoms with Gasteiger partial charge in [0.1, 0.15) is 11.8 Å². The third kappa shape index (κ3) is 2.31. The molecule has 0 bridgehead atoms. The van der Waals surface area contributed by atoms with E-state index in [2.05, 4.69) is 0 Å². The van der Waals surface area contributed by atoms with E-state index in [1.807, 2.05) is 6.07 Å². The molecule has 0 atom stereocenters. The second-order valence-electron chi connectivity index (χ2n) is 3.21. The molecule has 0 radical (unpaired) electrons. The smallest absolute Gasteiger partial charge is 0.338 e. The Balaban J connectivity index is 3.21. The lowest BCUT2D eigenvalue weighted by Gasteiger charge is -2.09. The molecule has 0 unspecified atom stereocenters. The highest BCUT2D eigenvalue weighted by Gasteiger charge is 2.13. The molecular formula is C12H13NO3. The zero-order valence-electron chi connectivity index (χ0n) is 9.53. The van der Waals surface area contributed by atoms with Crippen molar-refractivity contribution in [2.75, 3.05) is 13.7 Å². The number of rotatable bonds is 3. The van der Waals surface area contributed by atoms with E-state index in [1.54, 1.807) is 19.9 Å². The zero-order chi connectivity index (χ0) is 12.1. The van der Waals surface area contributed by atoms with Crippen molar-refractivity contribution < 1.29 is 14.3 Å². The maximum Gasteiger partial charge on any atom is 0.338 e. The van der Waals surface area contributed by atoms with E-state index in [0.717, 1.165) is 5.56 Å². The van der Waals surface area contributed by atoms with Crippen LogP contribution in [0.3, 0.4) is 0 Å². The van der Waals surface area contributed by atoms with E-state index in [-0.39, 0.29) is 0 Å². The van der Waals surface area contributed by atoms with Gasteiger partial charge in [-0.25, -0.2) is 4.79 Å². The van der Waals surface area contributed by atoms with E-state index in [9.17, 15) is 4.79 Å². The highest BCUT2D eigenvalue weighted by Crippen LogP contribution is 2.24. The predicted molar refractivity (Wildman–Crippen MR) is 58.4 cm³/mol. The summed E-state index contributed by atoms with van der Waals surface area (Å²) in [6, 6.07) is 5.12. The molecule has 1 aromatic carbocycles. The molecule has 1 aromatic rings. The molecule has 0 N–H and O–H groups in total. The van der Waals surface area contributed by atoms with Gasteiger partial charge in [-0.05, 0) is 31.5 Å². The summed E-state index contributed by atoms with van der Waals surface area (Å²) in [5.74, 6) is 0.0697. The fourth-order valence-corrected chi connectivity index (χ4v) is 1.46. The third-order valence-corrected chi connectivity index (χ3v) is 2.11. The number of benzene rings is 1. The lowest BCUT2D eigenvalue weighted by atomic mass is 10.1. The summed E-state index contributed by atoms with van der Waals surface area (Å²) < 4.78 is 9.95. The Morgan fingerprint density at radius 1 is 1.50 bits per heavy atom. The summed E-state index contributed by atoms with van der Waals surface area (Å²) in [7, 11) is 1.49. The Morgan fingerprint density at radius 2 is 2.19 bits per heavy atom. The number of nitrogens with zero attached hydrogens (tertiary/aromatic N) is 1. The van der Waals surface area contributed by atoms with Crippen molar-refractivity contribution in [3.05, 3.63) is 28.8 Å². The van der Waals surface area contributed by atoms with Crippen LogP contribution in [0.2, 0.25) is 0 Å². The summed E-state index contributed by atoms with van der Waals surface area (Å²) in [5.41, 5.74) is 1.45. The minimum absolute atomic E-state index is 0.311. The average molecular weight is 219 g/mol. The summed E-state index contributed by atoms with van der Waals surface area (Å²) in [4.78, 5) is 11.5. The van der Waals surface area contributed by atoms with Crippen molar-refractivity contribution in [1.29, 1.82) is 5.26 Å². The Hall–Kier alpha value is -2.02. The molecule has 0 heterocycles. The second kappa shape index (κ2) is 5.17. The number of methoxy groups -OCH3 is 1. The quantitative estimate of drug-likeness (QED) is 0.730. The van der Waals surface area contributed by atoms with Crippen LogP contribution >= 0.6 is 0 Å². The summed E-state index contributed by atoms with van der Waals surface area (Å²) in [6.07, 6.45) is 0. The van der Waals surface area contributed by atoms with Crippen LogP contribution in [0.5, 0.6) is 5.75 Å². The molecule has 0 fully saturated rings. The average Bonchev–Trinajstić information content (AvgIpc) is 2.28. The number of esters is 1. The largest absolute Gasteiger partial charge is 0.495 e. The molecule has 16 heavy (non-hydrogen) atoms. The summed E-state index contributed by atoms with van der Waals surface area (Å²) >= 11 is 0. The molecular weight excluding hydrogens is 206 g/mol. The van der Waals surface area contributed by atoms with Crippen molar-refractivity contribution in [2.45, 2.75) is 13.8 Å². The maximum atomic E-state index is 11.5. The van der Waals surface area contributed by atoms with Crippen molar-refractivity contribution in [2.24, 2.45) is 0 Å². The summed E-state index contributed by atoms with van der Waals surface area (Å²) in [6.45, 7) is 3.83. The van der Waals surface area contributed by atoms with Crippen LogP contribution in [0.15, 0.2) is 12.1 Å². The molecule has 1 rings (SSSR count). The van der Waals surface area contributed by atoms with Crippen molar-refractivity contribution >= 4 is 5.97 Å². The topological polar surface area (TPSA) is 59.3 Å². The van der Waals surface area contributed by atoms with E-state index < -0.39 is 5.97 Å². The number of hydrogen-bond donors (Lipinski definition) is 0. The first kappa shape index (κ1) is 12.1. The lowest BCUT2D eigenvalue weighted by Crippen LogP contribution is -2.06. The number of carbonyl (C=O) groups is 1. The van der Waals surface area contributed by atoms with Gasteiger partial charge in [-0.3, -0.25) is 0 Å². The second-order valence-corrected chi connectivity index (χ2v) is 3.21. The highest BCUT2D eigenvalue weighted by atomic mass is 16.5. The van der Waals surface area contributed by atoms with Gasteiger partial charge < -0.3 is 9.47 Å². The van der Waals surface area contributed by atoms with Gasteiger partial charge >= 0.3 is 5.97 Å². The van der Waals surface area contributed by atoms with Gasteiger partial charge in [0.25, 0.3) is 0 Å². The van der Waals surface area contributed by atoms with E-state index in [1.165, 1.54) is 13.2 Å². The lowest BCUT2D eigenvalue weighted by molar-refractivity contribution is 0.0526. The van der Waals surface area contributed by atoms with Gasteiger partial charge in [0.15, 0.2) is 0 Å². The molecule has 0 amide bonds. The maximum absolute atomic E-state index is 11.5. The molecule has 0 saturated carbocycles. The molecule has 0 aliphatic heterocycles. The fourth-order valence-electron chi connectivity index (χ4n) is 1.46. The molecule has 4 heteroatoms. The minimum Gasteiger partial charge on any atom is -0.495 e. The van der Waals surface area contributed by atoms with Gasteiger partial charge in [-0.1, -0.05) is 0 Å². The third-order valence-electron chi connectivity index (χ3n) is 2.11. The van der Waals surface area contributed by atoms with Crippen LogP contribution in [-0.2, 0) is 4.74 Å². The Morgan fingerprint density at radius 3 is 2.69 bits per heavy atom. The SMILES string of the molecule is CCOC(=O)c1cc(C)c(OC)c(C#N)c1. The normalized spacial score (nSPS) is 9.38. The molecule has 0 aromatic heterocycles. The van der Waals surface area contributed by atoms with E-state index >= 15 is 0 Å². The van der Waals surface area contributed by atoms with Crippen LogP contribution in [-0.4, -0.2) is 19.7 Å². The van der Waals surface area contributed by atoms with E-state index in [4.69, 9.17) is 14.7 Å². The van der Waals surface area contributed by atoms with Gasteiger partial charge in [-0.15, -0.1) is 0 Å². The first-order valence-electron chi connectivity index (χ1n) is 4.89. The van der Waals surface area contributed by atoms with Crippen LogP contribution in [0.25, 0.3) is 0 Å². The van der Waals surface area contributed by atoms with Gasteiger partial charge in [0.2, 0.25) is 0 Å². The fraction of sp³-hybridized carbons (Fsp3) is 0.333. The van der Waals surface area contributed by atoms with Crippen LogP contribution in [0.4, 0.5) is 0 Å². The molecule has 0 spiro atoms. The summed E-state index contributed by atoms with van der Waals surface area (Å²) in [5, 5.41) is 8.93.